The van der Waals surface area contributed by atoms with E-state index in [0.29, 0.717) is 0 Å². The van der Waals surface area contributed by atoms with Crippen LogP contribution in [0.5, 0.6) is 0 Å². The molecule has 2 aromatic rings. The molecule has 1 aliphatic rings. The number of rotatable bonds is 5. The maximum Gasteiger partial charge on any atom is 0.240 e. The van der Waals surface area contributed by atoms with Gasteiger partial charge in [0.25, 0.3) is 0 Å². The molecule has 2 N–H and O–H groups in total. The Bertz CT molecular complexity index is 781. The summed E-state index contributed by atoms with van der Waals surface area (Å²) < 4.78 is 0. The van der Waals surface area contributed by atoms with Crippen molar-refractivity contribution < 1.29 is 19.5 Å². The number of hydrogen-bond donors (Lipinski definition) is 2. The molecule has 0 unspecified atom stereocenters. The summed E-state index contributed by atoms with van der Waals surface area (Å²) in [6, 6.07) is 13.3. The van der Waals surface area contributed by atoms with Crippen molar-refractivity contribution in [1.82, 2.24) is 10.2 Å². The quantitative estimate of drug-likeness (QED) is 0.807. The molecule has 0 radical (unpaired) electrons. The van der Waals surface area contributed by atoms with E-state index in [1.807, 2.05) is 42.5 Å². The van der Waals surface area contributed by atoms with Crippen molar-refractivity contribution in [3.05, 3.63) is 48.0 Å². The lowest BCUT2D eigenvalue weighted by atomic mass is 10.0. The van der Waals surface area contributed by atoms with Crippen LogP contribution < -0.4 is 5.32 Å². The summed E-state index contributed by atoms with van der Waals surface area (Å²) in [5, 5.41) is 14.9. The number of imide groups is 1. The van der Waals surface area contributed by atoms with Gasteiger partial charge in [0.05, 0.1) is 6.10 Å². The third kappa shape index (κ3) is 3.28. The van der Waals surface area contributed by atoms with E-state index >= 15 is 0 Å². The summed E-state index contributed by atoms with van der Waals surface area (Å²) >= 11 is 0. The van der Waals surface area contributed by atoms with E-state index in [1.165, 1.54) is 0 Å². The number of nitrogens with zero attached hydrogens (tertiary/aromatic N) is 1. The average molecular weight is 326 g/mol. The molecule has 6 nitrogen and oxygen atoms in total. The zero-order valence-corrected chi connectivity index (χ0v) is 13.1. The molecule has 3 rings (SSSR count). The second-order valence-corrected chi connectivity index (χ2v) is 5.76. The van der Waals surface area contributed by atoms with E-state index in [1.54, 1.807) is 0 Å². The Morgan fingerprint density at radius 1 is 1.08 bits per heavy atom. The zero-order chi connectivity index (χ0) is 17.1. The van der Waals surface area contributed by atoms with Crippen LogP contribution in [-0.2, 0) is 14.4 Å². The van der Waals surface area contributed by atoms with Gasteiger partial charge in [-0.1, -0.05) is 42.5 Å². The first-order chi connectivity index (χ1) is 11.6. The predicted octanol–water partition coefficient (Wildman–Crippen LogP) is 1.14. The number of aliphatic hydroxyl groups is 1. The highest BCUT2D eigenvalue weighted by Gasteiger charge is 2.30. The van der Waals surface area contributed by atoms with Crippen molar-refractivity contribution in [2.75, 3.05) is 13.1 Å². The second kappa shape index (κ2) is 6.80. The first kappa shape index (κ1) is 16.1. The van der Waals surface area contributed by atoms with Crippen LogP contribution in [0.15, 0.2) is 42.5 Å². The molecule has 0 bridgehead atoms. The van der Waals surface area contributed by atoms with E-state index in [9.17, 15) is 19.5 Å². The van der Waals surface area contributed by atoms with Crippen molar-refractivity contribution in [2.45, 2.75) is 18.9 Å². The van der Waals surface area contributed by atoms with E-state index in [-0.39, 0.29) is 37.7 Å². The van der Waals surface area contributed by atoms with Crippen molar-refractivity contribution >= 4 is 28.5 Å². The molecule has 0 aliphatic carbocycles. The molecule has 2 aromatic carbocycles. The minimum atomic E-state index is -0.870. The number of nitrogens with one attached hydrogen (secondary N) is 1. The fraction of sp³-hybridized carbons (Fsp3) is 0.278. The summed E-state index contributed by atoms with van der Waals surface area (Å²) in [6.45, 7) is -0.275. The summed E-state index contributed by atoms with van der Waals surface area (Å²) in [5.74, 6) is -1.12. The highest BCUT2D eigenvalue weighted by Crippen LogP contribution is 2.23. The SMILES string of the molecule is O=C(CN1C(=O)CCC1=O)NC[C@H](O)c1cccc2ccccc12. The Hall–Kier alpha value is -2.73. The molecule has 0 aromatic heterocycles. The largest absolute Gasteiger partial charge is 0.387 e. The van der Waals surface area contributed by atoms with Gasteiger partial charge >= 0.3 is 0 Å². The number of hydrogen-bond acceptors (Lipinski definition) is 4. The van der Waals surface area contributed by atoms with E-state index in [4.69, 9.17) is 0 Å². The second-order valence-electron chi connectivity index (χ2n) is 5.76. The van der Waals surface area contributed by atoms with Crippen LogP contribution >= 0.6 is 0 Å². The minimum absolute atomic E-state index is 0.0169. The van der Waals surface area contributed by atoms with Crippen molar-refractivity contribution in [3.63, 3.8) is 0 Å². The monoisotopic (exact) mass is 326 g/mol. The maximum atomic E-state index is 11.9. The molecule has 0 saturated carbocycles. The van der Waals surface area contributed by atoms with Gasteiger partial charge in [-0.25, -0.2) is 0 Å². The lowest BCUT2D eigenvalue weighted by Gasteiger charge is -2.17. The Labute approximate surface area is 139 Å². The Kier molecular flexibility index (Phi) is 4.57. The molecule has 6 heteroatoms. The van der Waals surface area contributed by atoms with Crippen LogP contribution in [0.3, 0.4) is 0 Å². The first-order valence-corrected chi connectivity index (χ1v) is 7.82. The molecule has 24 heavy (non-hydrogen) atoms. The van der Waals surface area contributed by atoms with Crippen LogP contribution in [0.25, 0.3) is 10.8 Å². The standard InChI is InChI=1S/C18H18N2O4/c21-15(14-7-3-5-12-4-1-2-6-13(12)14)10-19-16(22)11-20-17(23)8-9-18(20)24/h1-7,15,21H,8-11H2,(H,19,22)/t15-/m0/s1. The van der Waals surface area contributed by atoms with Crippen molar-refractivity contribution in [1.29, 1.82) is 0 Å². The lowest BCUT2D eigenvalue weighted by molar-refractivity contribution is -0.142. The van der Waals surface area contributed by atoms with Gasteiger partial charge in [0, 0.05) is 19.4 Å². The first-order valence-electron chi connectivity index (χ1n) is 7.82. The van der Waals surface area contributed by atoms with E-state index in [2.05, 4.69) is 5.32 Å². The number of benzene rings is 2. The van der Waals surface area contributed by atoms with Gasteiger partial charge in [0.15, 0.2) is 0 Å². The molecule has 1 saturated heterocycles. The van der Waals surface area contributed by atoms with Crippen LogP contribution in [0, 0.1) is 0 Å². The number of fused-ring (bicyclic) bond motifs is 1. The highest BCUT2D eigenvalue weighted by atomic mass is 16.3. The van der Waals surface area contributed by atoms with E-state index < -0.39 is 12.0 Å². The third-order valence-electron chi connectivity index (χ3n) is 4.13. The van der Waals surface area contributed by atoms with Gasteiger partial charge in [-0.15, -0.1) is 0 Å². The molecule has 124 valence electrons. The Morgan fingerprint density at radius 2 is 1.75 bits per heavy atom. The number of carbonyl (C=O) groups excluding carboxylic acids is 3. The number of carbonyl (C=O) groups is 3. The molecular formula is C18H18N2O4. The van der Waals surface area contributed by atoms with Crippen LogP contribution in [0.1, 0.15) is 24.5 Å². The molecule has 0 spiro atoms. The van der Waals surface area contributed by atoms with Gasteiger partial charge in [0.2, 0.25) is 17.7 Å². The molecule has 3 amide bonds. The fourth-order valence-corrected chi connectivity index (χ4v) is 2.86. The van der Waals surface area contributed by atoms with Gasteiger partial charge < -0.3 is 10.4 Å². The van der Waals surface area contributed by atoms with Gasteiger partial charge in [-0.3, -0.25) is 19.3 Å². The maximum absolute atomic E-state index is 11.9. The van der Waals surface area contributed by atoms with Gasteiger partial charge in [-0.05, 0) is 16.3 Å². The Morgan fingerprint density at radius 3 is 2.50 bits per heavy atom. The molecular weight excluding hydrogens is 308 g/mol. The van der Waals surface area contributed by atoms with E-state index in [0.717, 1.165) is 21.2 Å². The molecule has 1 aliphatic heterocycles. The third-order valence-corrected chi connectivity index (χ3v) is 4.13. The van der Waals surface area contributed by atoms with Crippen LogP contribution in [0.4, 0.5) is 0 Å². The van der Waals surface area contributed by atoms with Gasteiger partial charge in [0.1, 0.15) is 6.54 Å². The van der Waals surface area contributed by atoms with Crippen LogP contribution in [0.2, 0.25) is 0 Å². The van der Waals surface area contributed by atoms with Crippen molar-refractivity contribution in [3.8, 4) is 0 Å². The smallest absolute Gasteiger partial charge is 0.240 e. The average Bonchev–Trinajstić information content (AvgIpc) is 2.91. The topological polar surface area (TPSA) is 86.7 Å². The predicted molar refractivity (Wildman–Crippen MR) is 87.9 cm³/mol. The molecule has 1 heterocycles. The number of amides is 3. The minimum Gasteiger partial charge on any atom is -0.387 e. The van der Waals surface area contributed by atoms with Crippen molar-refractivity contribution in [2.24, 2.45) is 0 Å². The van der Waals surface area contributed by atoms with Crippen LogP contribution in [-0.4, -0.2) is 40.8 Å². The zero-order valence-electron chi connectivity index (χ0n) is 13.1. The number of aliphatic hydroxyl groups excluding tert-OH is 1. The fourth-order valence-electron chi connectivity index (χ4n) is 2.86. The summed E-state index contributed by atoms with van der Waals surface area (Å²) in [4.78, 5) is 35.9. The highest BCUT2D eigenvalue weighted by molar-refractivity contribution is 6.04. The summed E-state index contributed by atoms with van der Waals surface area (Å²) in [6.07, 6.45) is -0.555. The van der Waals surface area contributed by atoms with Gasteiger partial charge in [-0.2, -0.15) is 0 Å². The normalized spacial score (nSPS) is 15.8. The molecule has 1 fully saturated rings. The Balaban J connectivity index is 1.62. The summed E-state index contributed by atoms with van der Waals surface area (Å²) in [5.41, 5.74) is 0.724. The number of likely N-dealkylation sites (tertiary alicyclic amines) is 1. The lowest BCUT2D eigenvalue weighted by Crippen LogP contribution is -2.41. The molecule has 1 atom stereocenters. The summed E-state index contributed by atoms with van der Waals surface area (Å²) in [7, 11) is 0.